The van der Waals surface area contributed by atoms with E-state index in [9.17, 15) is 14.4 Å². The maximum atomic E-state index is 12.4. The van der Waals surface area contributed by atoms with E-state index in [1.807, 2.05) is 12.1 Å². The van der Waals surface area contributed by atoms with E-state index in [0.29, 0.717) is 6.54 Å². The van der Waals surface area contributed by atoms with Crippen molar-refractivity contribution < 1.29 is 9.53 Å². The van der Waals surface area contributed by atoms with Crippen molar-refractivity contribution in [3.8, 4) is 0 Å². The van der Waals surface area contributed by atoms with Gasteiger partial charge >= 0.3 is 5.69 Å². The molecule has 2 heterocycles. The van der Waals surface area contributed by atoms with Crippen molar-refractivity contribution >= 4 is 17.7 Å². The van der Waals surface area contributed by atoms with E-state index in [4.69, 9.17) is 4.74 Å². The summed E-state index contributed by atoms with van der Waals surface area (Å²) in [6.45, 7) is 3.70. The Labute approximate surface area is 169 Å². The number of carbonyl (C=O) groups excluding carboxylic acids is 1. The summed E-state index contributed by atoms with van der Waals surface area (Å²) in [4.78, 5) is 40.1. The zero-order valence-corrected chi connectivity index (χ0v) is 17.0. The first-order valence-electron chi connectivity index (χ1n) is 9.48. The molecule has 1 aliphatic rings. The summed E-state index contributed by atoms with van der Waals surface area (Å²) in [5, 5.41) is 0. The molecule has 3 rings (SSSR count). The Kier molecular flexibility index (Phi) is 6.33. The highest BCUT2D eigenvalue weighted by molar-refractivity contribution is 5.91. The number of nitrogens with zero attached hydrogens (tertiary/aromatic N) is 4. The van der Waals surface area contributed by atoms with Crippen LogP contribution in [0.15, 0.2) is 46.1 Å². The number of aromatic nitrogens is 2. The second-order valence-corrected chi connectivity index (χ2v) is 7.14. The van der Waals surface area contributed by atoms with E-state index in [0.717, 1.165) is 42.1 Å². The molecule has 8 nitrogen and oxygen atoms in total. The third-order valence-electron chi connectivity index (χ3n) is 4.99. The van der Waals surface area contributed by atoms with Crippen LogP contribution in [-0.4, -0.2) is 53.3 Å². The van der Waals surface area contributed by atoms with Gasteiger partial charge in [0.05, 0.1) is 18.8 Å². The van der Waals surface area contributed by atoms with Crippen molar-refractivity contribution in [1.82, 2.24) is 14.0 Å². The summed E-state index contributed by atoms with van der Waals surface area (Å²) in [5.41, 5.74) is 1.61. The normalized spacial score (nSPS) is 14.4. The molecule has 2 aromatic rings. The molecule has 1 amide bonds. The van der Waals surface area contributed by atoms with Gasteiger partial charge in [-0.05, 0) is 23.8 Å². The maximum absolute atomic E-state index is 12.4. The first-order chi connectivity index (χ1) is 13.9. The van der Waals surface area contributed by atoms with Gasteiger partial charge in [-0.15, -0.1) is 0 Å². The molecule has 1 aliphatic heterocycles. The van der Waals surface area contributed by atoms with Crippen molar-refractivity contribution in [2.45, 2.75) is 6.54 Å². The number of anilines is 1. The zero-order valence-electron chi connectivity index (χ0n) is 17.0. The Morgan fingerprint density at radius 2 is 1.79 bits per heavy atom. The quantitative estimate of drug-likeness (QED) is 0.689. The van der Waals surface area contributed by atoms with Crippen molar-refractivity contribution in [3.05, 3.63) is 68.5 Å². The summed E-state index contributed by atoms with van der Waals surface area (Å²) in [6.07, 6.45) is 4.23. The highest BCUT2D eigenvalue weighted by atomic mass is 16.5. The first-order valence-corrected chi connectivity index (χ1v) is 9.48. The van der Waals surface area contributed by atoms with Gasteiger partial charge in [0, 0.05) is 58.7 Å². The zero-order chi connectivity index (χ0) is 21.0. The van der Waals surface area contributed by atoms with Crippen LogP contribution in [0.1, 0.15) is 11.1 Å². The van der Waals surface area contributed by atoms with Crippen molar-refractivity contribution in [2.75, 3.05) is 38.3 Å². The molecule has 0 aliphatic carbocycles. The van der Waals surface area contributed by atoms with E-state index in [2.05, 4.69) is 17.0 Å². The summed E-state index contributed by atoms with van der Waals surface area (Å²) < 4.78 is 7.70. The number of amides is 1. The molecule has 29 heavy (non-hydrogen) atoms. The van der Waals surface area contributed by atoms with Crippen LogP contribution in [0.2, 0.25) is 0 Å². The number of hydrogen-bond donors (Lipinski definition) is 0. The number of aryl methyl sites for hydroxylation is 1. The molecule has 0 spiro atoms. The highest BCUT2D eigenvalue weighted by Crippen LogP contribution is 2.17. The molecule has 0 radical (unpaired) electrons. The van der Waals surface area contributed by atoms with Crippen LogP contribution in [0, 0.1) is 0 Å². The Bertz CT molecular complexity index is 1010. The van der Waals surface area contributed by atoms with Crippen LogP contribution in [0.3, 0.4) is 0 Å². The number of benzene rings is 1. The minimum Gasteiger partial charge on any atom is -0.378 e. The second-order valence-electron chi connectivity index (χ2n) is 7.14. The van der Waals surface area contributed by atoms with E-state index < -0.39 is 11.2 Å². The average molecular weight is 398 g/mol. The smallest absolute Gasteiger partial charge is 0.330 e. The van der Waals surface area contributed by atoms with Gasteiger partial charge in [-0.1, -0.05) is 12.1 Å². The lowest BCUT2D eigenvalue weighted by Crippen LogP contribution is -2.37. The van der Waals surface area contributed by atoms with E-state index >= 15 is 0 Å². The van der Waals surface area contributed by atoms with Gasteiger partial charge in [0.1, 0.15) is 0 Å². The molecule has 0 unspecified atom stereocenters. The van der Waals surface area contributed by atoms with Crippen molar-refractivity contribution in [2.24, 2.45) is 14.1 Å². The third-order valence-corrected chi connectivity index (χ3v) is 4.99. The number of rotatable bonds is 5. The van der Waals surface area contributed by atoms with Crippen molar-refractivity contribution in [3.63, 3.8) is 0 Å². The lowest BCUT2D eigenvalue weighted by Gasteiger charge is -2.29. The molecule has 1 saturated heterocycles. The molecule has 1 aromatic heterocycles. The highest BCUT2D eigenvalue weighted by Gasteiger charge is 2.12. The number of hydrogen-bond acceptors (Lipinski definition) is 5. The van der Waals surface area contributed by atoms with Crippen LogP contribution >= 0.6 is 0 Å². The molecule has 1 aromatic carbocycles. The standard InChI is InChI=1S/C21H26N4O4/c1-22(14-16-4-7-18(8-5-16)25-10-12-29-13-11-25)19(26)9-6-17-15-23(2)21(28)24(3)20(17)27/h4-9,15H,10-14H2,1-3H3/b9-6+. The van der Waals surface area contributed by atoms with Crippen LogP contribution < -0.4 is 16.1 Å². The fourth-order valence-electron chi connectivity index (χ4n) is 3.22. The average Bonchev–Trinajstić information content (AvgIpc) is 2.74. The fourth-order valence-corrected chi connectivity index (χ4v) is 3.22. The Morgan fingerprint density at radius 1 is 1.14 bits per heavy atom. The largest absolute Gasteiger partial charge is 0.378 e. The van der Waals surface area contributed by atoms with Gasteiger partial charge in [-0.25, -0.2) is 4.79 Å². The van der Waals surface area contributed by atoms with E-state index in [-0.39, 0.29) is 11.5 Å². The minimum atomic E-state index is -0.432. The van der Waals surface area contributed by atoms with Crippen LogP contribution in [0.25, 0.3) is 6.08 Å². The minimum absolute atomic E-state index is 0.224. The topological polar surface area (TPSA) is 76.8 Å². The molecule has 0 saturated carbocycles. The van der Waals surface area contributed by atoms with Gasteiger partial charge in [0.2, 0.25) is 5.91 Å². The number of carbonyl (C=O) groups is 1. The summed E-state index contributed by atoms with van der Waals surface area (Å²) >= 11 is 0. The molecule has 1 fully saturated rings. The van der Waals surface area contributed by atoms with Gasteiger partial charge in [0.25, 0.3) is 5.56 Å². The summed E-state index contributed by atoms with van der Waals surface area (Å²) in [7, 11) is 4.69. The summed E-state index contributed by atoms with van der Waals surface area (Å²) in [6, 6.07) is 8.15. The maximum Gasteiger partial charge on any atom is 0.330 e. The lowest BCUT2D eigenvalue weighted by molar-refractivity contribution is -0.125. The molecule has 8 heteroatoms. The monoisotopic (exact) mass is 398 g/mol. The Hall–Kier alpha value is -3.13. The van der Waals surface area contributed by atoms with Crippen LogP contribution in [0.5, 0.6) is 0 Å². The van der Waals surface area contributed by atoms with Gasteiger partial charge in [-0.3, -0.25) is 14.2 Å². The van der Waals surface area contributed by atoms with Gasteiger partial charge in [-0.2, -0.15) is 0 Å². The number of ether oxygens (including phenoxy) is 1. The Balaban J connectivity index is 1.64. The SMILES string of the molecule is CN(Cc1ccc(N2CCOCC2)cc1)C(=O)/C=C/c1cn(C)c(=O)n(C)c1=O. The molecule has 0 bridgehead atoms. The molecular formula is C21H26N4O4. The summed E-state index contributed by atoms with van der Waals surface area (Å²) in [5.74, 6) is -0.224. The van der Waals surface area contributed by atoms with Crippen LogP contribution in [-0.2, 0) is 30.2 Å². The van der Waals surface area contributed by atoms with E-state index in [1.165, 1.54) is 30.0 Å². The fraction of sp³-hybridized carbons (Fsp3) is 0.381. The first kappa shape index (κ1) is 20.6. The molecule has 154 valence electrons. The lowest BCUT2D eigenvalue weighted by atomic mass is 10.1. The molecule has 0 atom stereocenters. The van der Waals surface area contributed by atoms with Crippen molar-refractivity contribution in [1.29, 1.82) is 0 Å². The Morgan fingerprint density at radius 3 is 2.45 bits per heavy atom. The predicted octanol–water partition coefficient (Wildman–Crippen LogP) is 0.592. The third kappa shape index (κ3) is 4.83. The number of likely N-dealkylation sites (N-methyl/N-ethyl adjacent to an activating group) is 1. The van der Waals surface area contributed by atoms with Gasteiger partial charge in [0.15, 0.2) is 0 Å². The van der Waals surface area contributed by atoms with E-state index in [1.54, 1.807) is 19.0 Å². The predicted molar refractivity (Wildman–Crippen MR) is 112 cm³/mol. The molecular weight excluding hydrogens is 372 g/mol. The second kappa shape index (κ2) is 8.91. The van der Waals surface area contributed by atoms with Gasteiger partial charge < -0.3 is 19.1 Å². The number of morpholine rings is 1. The van der Waals surface area contributed by atoms with Crippen LogP contribution in [0.4, 0.5) is 5.69 Å². The molecule has 0 N–H and O–H groups in total.